The van der Waals surface area contributed by atoms with Crippen LogP contribution in [0.2, 0.25) is 0 Å². The number of rotatable bonds is 7. The topological polar surface area (TPSA) is 54.3 Å². The Hall–Kier alpha value is -2.74. The number of aliphatic hydroxyl groups is 1. The highest BCUT2D eigenvalue weighted by molar-refractivity contribution is 5.66. The average molecular weight is 410 g/mol. The fourth-order valence-electron chi connectivity index (χ4n) is 2.90. The standard InChI is InChI=1S/C21H25F3N2O3/c1-6-26(3)13-25-17-12-19(29-5)16(11-14(17)2)20(27,21(22,23)24)15-9-7-8-10-18(15)28-4/h7-13,27H,6H2,1-5H3. The number of methoxy groups -OCH3 is 2. The van der Waals surface area contributed by atoms with E-state index in [1.165, 1.54) is 50.6 Å². The molecule has 0 saturated carbocycles. The highest BCUT2D eigenvalue weighted by Gasteiger charge is 2.59. The first-order chi connectivity index (χ1) is 13.6. The van der Waals surface area contributed by atoms with Crippen LogP contribution in [0.1, 0.15) is 23.6 Å². The van der Waals surface area contributed by atoms with E-state index in [-0.39, 0.29) is 11.5 Å². The van der Waals surface area contributed by atoms with Crippen molar-refractivity contribution in [3.8, 4) is 11.5 Å². The van der Waals surface area contributed by atoms with Crippen LogP contribution < -0.4 is 9.47 Å². The third-order valence-corrected chi connectivity index (χ3v) is 4.71. The van der Waals surface area contributed by atoms with Gasteiger partial charge in [0.2, 0.25) is 5.60 Å². The monoisotopic (exact) mass is 410 g/mol. The predicted molar refractivity (Wildman–Crippen MR) is 106 cm³/mol. The zero-order valence-electron chi connectivity index (χ0n) is 17.0. The smallest absolute Gasteiger partial charge is 0.426 e. The Bertz CT molecular complexity index is 884. The lowest BCUT2D eigenvalue weighted by Crippen LogP contribution is -2.44. The second-order valence-corrected chi connectivity index (χ2v) is 6.57. The highest BCUT2D eigenvalue weighted by Crippen LogP contribution is 2.50. The highest BCUT2D eigenvalue weighted by atomic mass is 19.4. The maximum absolute atomic E-state index is 14.2. The van der Waals surface area contributed by atoms with E-state index >= 15 is 0 Å². The van der Waals surface area contributed by atoms with E-state index in [0.29, 0.717) is 11.3 Å². The SMILES string of the molecule is CCN(C)C=Nc1cc(OC)c(C(O)(c2ccccc2OC)C(F)(F)F)cc1C. The van der Waals surface area contributed by atoms with Crippen LogP contribution in [-0.4, -0.2) is 50.3 Å². The number of hydrogen-bond donors (Lipinski definition) is 1. The lowest BCUT2D eigenvalue weighted by Gasteiger charge is -2.33. The second-order valence-electron chi connectivity index (χ2n) is 6.57. The van der Waals surface area contributed by atoms with Crippen molar-refractivity contribution < 1.29 is 27.8 Å². The number of nitrogens with zero attached hydrogens (tertiary/aromatic N) is 2. The van der Waals surface area contributed by atoms with Gasteiger partial charge in [-0.2, -0.15) is 13.2 Å². The van der Waals surface area contributed by atoms with Gasteiger partial charge >= 0.3 is 6.18 Å². The van der Waals surface area contributed by atoms with Gasteiger partial charge in [0.1, 0.15) is 11.5 Å². The van der Waals surface area contributed by atoms with Gasteiger partial charge in [0.15, 0.2) is 0 Å². The van der Waals surface area contributed by atoms with E-state index in [9.17, 15) is 18.3 Å². The molecule has 8 heteroatoms. The third kappa shape index (κ3) is 4.32. The molecule has 0 aliphatic rings. The van der Waals surface area contributed by atoms with Crippen molar-refractivity contribution >= 4 is 12.0 Å². The number of benzene rings is 2. The second kappa shape index (κ2) is 8.73. The number of aliphatic imine (C=N–C) groups is 1. The molecule has 0 heterocycles. The molecule has 29 heavy (non-hydrogen) atoms. The van der Waals surface area contributed by atoms with Gasteiger partial charge < -0.3 is 19.5 Å². The lowest BCUT2D eigenvalue weighted by molar-refractivity contribution is -0.249. The van der Waals surface area contributed by atoms with Crippen molar-refractivity contribution in [2.75, 3.05) is 27.8 Å². The molecular weight excluding hydrogens is 385 g/mol. The van der Waals surface area contributed by atoms with Gasteiger partial charge in [-0.25, -0.2) is 4.99 Å². The van der Waals surface area contributed by atoms with Crippen LogP contribution in [-0.2, 0) is 5.60 Å². The van der Waals surface area contributed by atoms with Gasteiger partial charge in [-0.05, 0) is 31.5 Å². The Balaban J connectivity index is 2.76. The molecule has 0 aromatic heterocycles. The molecule has 158 valence electrons. The Morgan fingerprint density at radius 1 is 1.07 bits per heavy atom. The van der Waals surface area contributed by atoms with E-state index < -0.39 is 22.9 Å². The molecule has 1 unspecified atom stereocenters. The Kier molecular flexibility index (Phi) is 6.79. The molecule has 0 aliphatic carbocycles. The Labute approximate surface area is 168 Å². The first kappa shape index (κ1) is 22.5. The Morgan fingerprint density at radius 2 is 1.69 bits per heavy atom. The molecular formula is C21H25F3N2O3. The summed E-state index contributed by atoms with van der Waals surface area (Å²) in [6.45, 7) is 4.29. The minimum absolute atomic E-state index is 0.0845. The summed E-state index contributed by atoms with van der Waals surface area (Å²) in [7, 11) is 4.33. The molecule has 0 amide bonds. The number of para-hydroxylation sites is 1. The van der Waals surface area contributed by atoms with Crippen molar-refractivity contribution in [1.29, 1.82) is 0 Å². The van der Waals surface area contributed by atoms with Crippen LogP contribution in [0, 0.1) is 6.92 Å². The van der Waals surface area contributed by atoms with E-state index in [0.717, 1.165) is 6.54 Å². The molecule has 2 aromatic carbocycles. The summed E-state index contributed by atoms with van der Waals surface area (Å²) in [5.74, 6) is -0.216. The first-order valence-corrected chi connectivity index (χ1v) is 8.96. The average Bonchev–Trinajstić information content (AvgIpc) is 2.70. The zero-order valence-corrected chi connectivity index (χ0v) is 17.0. The molecule has 1 atom stereocenters. The molecule has 0 saturated heterocycles. The van der Waals surface area contributed by atoms with Crippen molar-refractivity contribution in [2.45, 2.75) is 25.6 Å². The molecule has 2 rings (SSSR count). The van der Waals surface area contributed by atoms with Gasteiger partial charge in [-0.1, -0.05) is 18.2 Å². The van der Waals surface area contributed by atoms with E-state index in [1.807, 2.05) is 18.9 Å². The van der Waals surface area contributed by atoms with E-state index in [2.05, 4.69) is 4.99 Å². The lowest BCUT2D eigenvalue weighted by atomic mass is 9.83. The molecule has 0 fully saturated rings. The fraction of sp³-hybridized carbons (Fsp3) is 0.381. The molecule has 0 radical (unpaired) electrons. The molecule has 5 nitrogen and oxygen atoms in total. The van der Waals surface area contributed by atoms with Crippen LogP contribution in [0.4, 0.5) is 18.9 Å². The maximum Gasteiger partial charge on any atom is 0.426 e. The van der Waals surface area contributed by atoms with Crippen LogP contribution in [0.5, 0.6) is 11.5 Å². The van der Waals surface area contributed by atoms with Gasteiger partial charge in [-0.15, -0.1) is 0 Å². The van der Waals surface area contributed by atoms with Gasteiger partial charge in [0.25, 0.3) is 0 Å². The van der Waals surface area contributed by atoms with E-state index in [4.69, 9.17) is 9.47 Å². The third-order valence-electron chi connectivity index (χ3n) is 4.71. The molecule has 0 spiro atoms. The van der Waals surface area contributed by atoms with Crippen molar-refractivity contribution in [1.82, 2.24) is 4.90 Å². The van der Waals surface area contributed by atoms with Crippen molar-refractivity contribution in [2.24, 2.45) is 4.99 Å². The summed E-state index contributed by atoms with van der Waals surface area (Å²) >= 11 is 0. The first-order valence-electron chi connectivity index (χ1n) is 8.96. The minimum atomic E-state index is -5.03. The van der Waals surface area contributed by atoms with Crippen LogP contribution in [0.15, 0.2) is 41.4 Å². The largest absolute Gasteiger partial charge is 0.496 e. The van der Waals surface area contributed by atoms with Crippen LogP contribution in [0.3, 0.4) is 0 Å². The van der Waals surface area contributed by atoms with Gasteiger partial charge in [0, 0.05) is 30.8 Å². The van der Waals surface area contributed by atoms with E-state index in [1.54, 1.807) is 13.3 Å². The minimum Gasteiger partial charge on any atom is -0.496 e. The molecule has 1 N–H and O–H groups in total. The Morgan fingerprint density at radius 3 is 2.24 bits per heavy atom. The summed E-state index contributed by atoms with van der Waals surface area (Å²) in [6.07, 6.45) is -3.45. The van der Waals surface area contributed by atoms with Crippen LogP contribution >= 0.6 is 0 Å². The number of halogens is 3. The maximum atomic E-state index is 14.2. The molecule has 2 aromatic rings. The molecule has 0 bridgehead atoms. The van der Waals surface area contributed by atoms with Gasteiger partial charge in [-0.3, -0.25) is 0 Å². The number of aryl methyl sites for hydroxylation is 1. The summed E-state index contributed by atoms with van der Waals surface area (Å²) in [4.78, 5) is 6.13. The number of ether oxygens (including phenoxy) is 2. The summed E-state index contributed by atoms with van der Waals surface area (Å²) in [5, 5.41) is 11.1. The number of alkyl halides is 3. The summed E-state index contributed by atoms with van der Waals surface area (Å²) in [6, 6.07) is 8.12. The van der Waals surface area contributed by atoms with Crippen LogP contribution in [0.25, 0.3) is 0 Å². The zero-order chi connectivity index (χ0) is 21.8. The van der Waals surface area contributed by atoms with Crippen molar-refractivity contribution in [3.63, 3.8) is 0 Å². The fourth-order valence-corrected chi connectivity index (χ4v) is 2.90. The summed E-state index contributed by atoms with van der Waals surface area (Å²) < 4.78 is 53.0. The normalized spacial score (nSPS) is 14.0. The van der Waals surface area contributed by atoms with Gasteiger partial charge in [0.05, 0.1) is 26.2 Å². The number of hydrogen-bond acceptors (Lipinski definition) is 4. The predicted octanol–water partition coefficient (Wildman–Crippen LogP) is 4.42. The molecule has 0 aliphatic heterocycles. The van der Waals surface area contributed by atoms with Crippen molar-refractivity contribution in [3.05, 3.63) is 53.1 Å². The quantitative estimate of drug-likeness (QED) is 0.542. The summed E-state index contributed by atoms with van der Waals surface area (Å²) in [5.41, 5.74) is -3.29.